The quantitative estimate of drug-likeness (QED) is 0.769. The van der Waals surface area contributed by atoms with Crippen LogP contribution in [0.1, 0.15) is 36.9 Å². The topological polar surface area (TPSA) is 50.4 Å². The lowest BCUT2D eigenvalue weighted by molar-refractivity contribution is 0.749. The standard InChI is InChI=1S/C12H17N3/c1-8(2)9-3-5-10(6-4-9)11-7-14-12(13)15-11/h3-6,8,11H,7H2,1-2H3,(H3,13,14,15)/t11-/m0/s1. The van der Waals surface area contributed by atoms with Crippen molar-refractivity contribution in [3.63, 3.8) is 0 Å². The van der Waals surface area contributed by atoms with Gasteiger partial charge in [0.15, 0.2) is 5.96 Å². The van der Waals surface area contributed by atoms with Gasteiger partial charge in [0, 0.05) is 6.54 Å². The summed E-state index contributed by atoms with van der Waals surface area (Å²) < 4.78 is 0. The normalized spacial score (nSPS) is 20.2. The highest BCUT2D eigenvalue weighted by molar-refractivity contribution is 5.79. The van der Waals surface area contributed by atoms with E-state index in [2.05, 4.69) is 48.4 Å². The van der Waals surface area contributed by atoms with E-state index in [9.17, 15) is 0 Å². The Labute approximate surface area is 90.4 Å². The molecule has 3 heteroatoms. The first-order valence-corrected chi connectivity index (χ1v) is 5.34. The minimum absolute atomic E-state index is 0.186. The molecule has 3 nitrogen and oxygen atoms in total. The van der Waals surface area contributed by atoms with Crippen molar-refractivity contribution in [2.24, 2.45) is 10.7 Å². The van der Waals surface area contributed by atoms with Crippen molar-refractivity contribution in [3.8, 4) is 0 Å². The average Bonchev–Trinajstić information content (AvgIpc) is 2.65. The van der Waals surface area contributed by atoms with E-state index in [1.807, 2.05) is 0 Å². The molecular weight excluding hydrogens is 186 g/mol. The summed E-state index contributed by atoms with van der Waals surface area (Å²) in [6, 6.07) is 8.81. The van der Waals surface area contributed by atoms with Crippen LogP contribution in [-0.4, -0.2) is 12.5 Å². The molecular formula is C12H17N3. The number of nitrogens with two attached hydrogens (primary N) is 1. The summed E-state index contributed by atoms with van der Waals surface area (Å²) in [4.78, 5) is 4.32. The molecule has 0 bridgehead atoms. The zero-order valence-corrected chi connectivity index (χ0v) is 9.20. The van der Waals surface area contributed by atoms with Crippen LogP contribution in [-0.2, 0) is 0 Å². The SMILES string of the molecule is CC(C)c1ccc([C@@H]2CNC(N)=N2)cc1. The van der Waals surface area contributed by atoms with E-state index < -0.39 is 0 Å². The van der Waals surface area contributed by atoms with Gasteiger partial charge in [0.1, 0.15) is 0 Å². The number of benzene rings is 1. The van der Waals surface area contributed by atoms with Crippen LogP contribution in [0.25, 0.3) is 0 Å². The molecule has 2 rings (SSSR count). The summed E-state index contributed by atoms with van der Waals surface area (Å²) in [6.45, 7) is 5.21. The third kappa shape index (κ3) is 2.12. The van der Waals surface area contributed by atoms with Crippen molar-refractivity contribution in [2.75, 3.05) is 6.54 Å². The Balaban J connectivity index is 2.17. The Kier molecular flexibility index (Phi) is 2.62. The van der Waals surface area contributed by atoms with Gasteiger partial charge in [-0.25, -0.2) is 4.99 Å². The molecule has 0 saturated heterocycles. The summed E-state index contributed by atoms with van der Waals surface area (Å²) in [6.07, 6.45) is 0. The highest BCUT2D eigenvalue weighted by Gasteiger charge is 2.16. The molecule has 1 aliphatic rings. The Morgan fingerprint density at radius 3 is 2.47 bits per heavy atom. The highest BCUT2D eigenvalue weighted by atomic mass is 15.2. The van der Waals surface area contributed by atoms with E-state index in [1.54, 1.807) is 0 Å². The Morgan fingerprint density at radius 1 is 1.33 bits per heavy atom. The molecule has 0 saturated carbocycles. The molecule has 0 unspecified atom stereocenters. The molecule has 0 radical (unpaired) electrons. The highest BCUT2D eigenvalue weighted by Crippen LogP contribution is 2.22. The smallest absolute Gasteiger partial charge is 0.189 e. The molecule has 80 valence electrons. The van der Waals surface area contributed by atoms with E-state index in [-0.39, 0.29) is 6.04 Å². The van der Waals surface area contributed by atoms with Crippen LogP contribution in [0.2, 0.25) is 0 Å². The van der Waals surface area contributed by atoms with Gasteiger partial charge in [-0.2, -0.15) is 0 Å². The fraction of sp³-hybridized carbons (Fsp3) is 0.417. The zero-order valence-electron chi connectivity index (χ0n) is 9.20. The first-order valence-electron chi connectivity index (χ1n) is 5.34. The van der Waals surface area contributed by atoms with Crippen molar-refractivity contribution < 1.29 is 0 Å². The van der Waals surface area contributed by atoms with Crippen molar-refractivity contribution in [2.45, 2.75) is 25.8 Å². The maximum Gasteiger partial charge on any atom is 0.189 e. The second-order valence-electron chi connectivity index (χ2n) is 4.23. The molecule has 0 amide bonds. The third-order valence-electron chi connectivity index (χ3n) is 2.76. The van der Waals surface area contributed by atoms with Gasteiger partial charge in [-0.3, -0.25) is 0 Å². The van der Waals surface area contributed by atoms with Gasteiger partial charge in [-0.05, 0) is 17.0 Å². The Bertz CT molecular complexity index is 365. The number of nitrogens with zero attached hydrogens (tertiary/aromatic N) is 1. The maximum absolute atomic E-state index is 5.58. The maximum atomic E-state index is 5.58. The van der Waals surface area contributed by atoms with E-state index >= 15 is 0 Å². The Hall–Kier alpha value is -1.51. The van der Waals surface area contributed by atoms with E-state index in [1.165, 1.54) is 11.1 Å². The minimum Gasteiger partial charge on any atom is -0.370 e. The van der Waals surface area contributed by atoms with Gasteiger partial charge < -0.3 is 11.1 Å². The second-order valence-corrected chi connectivity index (χ2v) is 4.23. The summed E-state index contributed by atoms with van der Waals surface area (Å²) in [5.74, 6) is 1.13. The first kappa shape index (κ1) is 10.0. The average molecular weight is 203 g/mol. The van der Waals surface area contributed by atoms with Gasteiger partial charge in [-0.15, -0.1) is 0 Å². The minimum atomic E-state index is 0.186. The predicted molar refractivity (Wildman–Crippen MR) is 62.9 cm³/mol. The summed E-state index contributed by atoms with van der Waals surface area (Å²) in [7, 11) is 0. The molecule has 1 heterocycles. The van der Waals surface area contributed by atoms with Crippen molar-refractivity contribution >= 4 is 5.96 Å². The summed E-state index contributed by atoms with van der Waals surface area (Å²) >= 11 is 0. The van der Waals surface area contributed by atoms with Crippen LogP contribution in [0.3, 0.4) is 0 Å². The summed E-state index contributed by atoms with van der Waals surface area (Å²) in [5, 5.41) is 3.03. The van der Waals surface area contributed by atoms with Gasteiger partial charge in [0.25, 0.3) is 0 Å². The van der Waals surface area contributed by atoms with Crippen LogP contribution >= 0.6 is 0 Å². The number of rotatable bonds is 2. The zero-order chi connectivity index (χ0) is 10.8. The van der Waals surface area contributed by atoms with Crippen molar-refractivity contribution in [1.29, 1.82) is 0 Å². The van der Waals surface area contributed by atoms with Crippen LogP contribution in [0.4, 0.5) is 0 Å². The van der Waals surface area contributed by atoms with E-state index in [0.29, 0.717) is 11.9 Å². The molecule has 0 spiro atoms. The van der Waals surface area contributed by atoms with Crippen LogP contribution in [0.15, 0.2) is 29.3 Å². The molecule has 0 aromatic heterocycles. The number of aliphatic imine (C=N–C) groups is 1. The van der Waals surface area contributed by atoms with Crippen molar-refractivity contribution in [3.05, 3.63) is 35.4 Å². The van der Waals surface area contributed by atoms with Crippen LogP contribution in [0, 0.1) is 0 Å². The third-order valence-corrected chi connectivity index (χ3v) is 2.76. The van der Waals surface area contributed by atoms with Crippen LogP contribution < -0.4 is 11.1 Å². The lowest BCUT2D eigenvalue weighted by Crippen LogP contribution is -2.26. The first-order chi connectivity index (χ1) is 7.16. The number of nitrogens with one attached hydrogen (secondary N) is 1. The van der Waals surface area contributed by atoms with Gasteiger partial charge in [-0.1, -0.05) is 38.1 Å². The molecule has 15 heavy (non-hydrogen) atoms. The van der Waals surface area contributed by atoms with Gasteiger partial charge >= 0.3 is 0 Å². The molecule has 1 aromatic carbocycles. The second kappa shape index (κ2) is 3.93. The fourth-order valence-corrected chi connectivity index (χ4v) is 1.76. The van der Waals surface area contributed by atoms with Crippen molar-refractivity contribution in [1.82, 2.24) is 5.32 Å². The predicted octanol–water partition coefficient (Wildman–Crippen LogP) is 1.77. The largest absolute Gasteiger partial charge is 0.370 e. The van der Waals surface area contributed by atoms with Gasteiger partial charge in [0.05, 0.1) is 6.04 Å². The summed E-state index contributed by atoms with van der Waals surface area (Å²) in [5.41, 5.74) is 8.17. The molecule has 3 N–H and O–H groups in total. The monoisotopic (exact) mass is 203 g/mol. The van der Waals surface area contributed by atoms with Gasteiger partial charge in [0.2, 0.25) is 0 Å². The molecule has 0 fully saturated rings. The number of hydrogen-bond acceptors (Lipinski definition) is 3. The fourth-order valence-electron chi connectivity index (χ4n) is 1.76. The Morgan fingerprint density at radius 2 is 2.00 bits per heavy atom. The number of guanidine groups is 1. The molecule has 1 aromatic rings. The van der Waals surface area contributed by atoms with E-state index in [4.69, 9.17) is 5.73 Å². The van der Waals surface area contributed by atoms with Crippen LogP contribution in [0.5, 0.6) is 0 Å². The molecule has 1 atom stereocenters. The molecule has 1 aliphatic heterocycles. The molecule has 0 aliphatic carbocycles. The lowest BCUT2D eigenvalue weighted by Gasteiger charge is -2.09. The van der Waals surface area contributed by atoms with E-state index in [0.717, 1.165) is 6.54 Å². The number of hydrogen-bond donors (Lipinski definition) is 2. The lowest BCUT2D eigenvalue weighted by atomic mass is 9.99.